The fourth-order valence-electron chi connectivity index (χ4n) is 5.02. The van der Waals surface area contributed by atoms with Crippen LogP contribution in [-0.2, 0) is 25.7 Å². The average Bonchev–Trinajstić information content (AvgIpc) is 3.29. The van der Waals surface area contributed by atoms with E-state index in [0.717, 1.165) is 31.6 Å². The second-order valence-electron chi connectivity index (χ2n) is 9.22. The zero-order valence-electron chi connectivity index (χ0n) is 18.7. The number of hydrogen-bond acceptors (Lipinski definition) is 5. The number of piperidine rings is 1. The molecule has 1 amide bonds. The molecule has 3 heterocycles. The maximum absolute atomic E-state index is 12.8. The number of benzene rings is 1. The largest absolute Gasteiger partial charge is 0.469 e. The Hall–Kier alpha value is -2.38. The number of carbonyl (C=O) groups excluding carboxylic acids is 2. The molecule has 1 aromatic carbocycles. The number of aromatic nitrogens is 1. The lowest BCUT2D eigenvalue weighted by Crippen LogP contribution is -2.57. The summed E-state index contributed by atoms with van der Waals surface area (Å²) < 4.78 is 5.07. The third kappa shape index (κ3) is 4.21. The van der Waals surface area contributed by atoms with Gasteiger partial charge in [0.15, 0.2) is 0 Å². The van der Waals surface area contributed by atoms with Gasteiger partial charge in [-0.2, -0.15) is 0 Å². The molecule has 0 radical (unpaired) electrons. The summed E-state index contributed by atoms with van der Waals surface area (Å²) >= 11 is 0. The number of hydrogen-bond donors (Lipinski definition) is 1. The molecule has 7 heteroatoms. The van der Waals surface area contributed by atoms with E-state index in [1.54, 1.807) is 5.06 Å². The van der Waals surface area contributed by atoms with Gasteiger partial charge in [-0.3, -0.25) is 19.3 Å². The number of rotatable bonds is 7. The third-order valence-electron chi connectivity index (χ3n) is 6.85. The van der Waals surface area contributed by atoms with Crippen molar-refractivity contribution < 1.29 is 19.2 Å². The van der Waals surface area contributed by atoms with Crippen molar-refractivity contribution in [2.75, 3.05) is 26.8 Å². The van der Waals surface area contributed by atoms with Crippen molar-refractivity contribution >= 4 is 22.8 Å². The Morgan fingerprint density at radius 2 is 2.00 bits per heavy atom. The molecule has 2 aliphatic rings. The van der Waals surface area contributed by atoms with E-state index in [1.165, 1.54) is 18.1 Å². The molecule has 31 heavy (non-hydrogen) atoms. The fourth-order valence-corrected chi connectivity index (χ4v) is 5.02. The van der Waals surface area contributed by atoms with E-state index < -0.39 is 11.5 Å². The summed E-state index contributed by atoms with van der Waals surface area (Å²) in [6, 6.07) is 8.31. The van der Waals surface area contributed by atoms with E-state index in [0.29, 0.717) is 25.4 Å². The molecule has 0 saturated carbocycles. The van der Waals surface area contributed by atoms with Crippen LogP contribution in [0.4, 0.5) is 0 Å². The summed E-state index contributed by atoms with van der Waals surface area (Å²) in [5.74, 6) is -0.403. The van der Waals surface area contributed by atoms with Crippen LogP contribution in [0, 0.1) is 11.8 Å². The van der Waals surface area contributed by atoms with Crippen LogP contribution in [0.15, 0.2) is 30.5 Å². The van der Waals surface area contributed by atoms with Crippen molar-refractivity contribution in [1.82, 2.24) is 14.9 Å². The highest BCUT2D eigenvalue weighted by Gasteiger charge is 2.58. The van der Waals surface area contributed by atoms with Crippen molar-refractivity contribution in [1.29, 1.82) is 0 Å². The zero-order chi connectivity index (χ0) is 22.0. The number of nitrogens with one attached hydrogen (secondary N) is 1. The number of amides is 1. The molecular weight excluding hydrogens is 394 g/mol. The highest BCUT2D eigenvalue weighted by Crippen LogP contribution is 2.44. The second-order valence-corrected chi connectivity index (χ2v) is 9.22. The number of hydroxylamine groups is 2. The van der Waals surface area contributed by atoms with Gasteiger partial charge in [-0.15, -0.1) is 0 Å². The maximum Gasteiger partial charge on any atom is 0.311 e. The van der Waals surface area contributed by atoms with Crippen molar-refractivity contribution in [3.8, 4) is 0 Å². The van der Waals surface area contributed by atoms with Crippen molar-refractivity contribution in [3.05, 3.63) is 36.0 Å². The van der Waals surface area contributed by atoms with Crippen molar-refractivity contribution in [3.63, 3.8) is 0 Å². The van der Waals surface area contributed by atoms with E-state index >= 15 is 0 Å². The third-order valence-corrected chi connectivity index (χ3v) is 6.85. The van der Waals surface area contributed by atoms with Crippen LogP contribution >= 0.6 is 0 Å². The van der Waals surface area contributed by atoms with E-state index in [2.05, 4.69) is 48.1 Å². The Kier molecular flexibility index (Phi) is 6.34. The van der Waals surface area contributed by atoms with Gasteiger partial charge in [-0.1, -0.05) is 32.0 Å². The van der Waals surface area contributed by atoms with Crippen LogP contribution in [0.3, 0.4) is 0 Å². The fraction of sp³-hybridized carbons (Fsp3) is 0.583. The summed E-state index contributed by atoms with van der Waals surface area (Å²) in [5.41, 5.74) is 1.80. The van der Waals surface area contributed by atoms with Crippen LogP contribution in [0.5, 0.6) is 0 Å². The standard InChI is InChI=1S/C24H33N3O4/c1-17(2)8-13-31-27-22(28)14-20(23(29)30-3)24(27)9-11-26(12-10-24)16-18-15-25-21-7-5-4-6-19(18)21/h4-7,15,17,20,25H,8-14,16H2,1-3H3. The lowest BCUT2D eigenvalue weighted by atomic mass is 9.77. The monoisotopic (exact) mass is 427 g/mol. The number of ether oxygens (including phenoxy) is 1. The number of likely N-dealkylation sites (tertiary alicyclic amines) is 1. The van der Waals surface area contributed by atoms with Gasteiger partial charge in [0.05, 0.1) is 25.2 Å². The molecule has 168 valence electrons. The van der Waals surface area contributed by atoms with Gasteiger partial charge >= 0.3 is 5.97 Å². The summed E-state index contributed by atoms with van der Waals surface area (Å²) in [5, 5.41) is 2.78. The summed E-state index contributed by atoms with van der Waals surface area (Å²) in [7, 11) is 1.40. The number of aromatic amines is 1. The SMILES string of the molecule is COC(=O)C1CC(=O)N(OCCC(C)C)C12CCN(Cc1c[nH]c3ccccc13)CC2. The molecule has 2 fully saturated rings. The summed E-state index contributed by atoms with van der Waals surface area (Å²) in [4.78, 5) is 37.1. The van der Waals surface area contributed by atoms with Crippen LogP contribution < -0.4 is 0 Å². The minimum absolute atomic E-state index is 0.107. The highest BCUT2D eigenvalue weighted by atomic mass is 16.7. The first-order chi connectivity index (χ1) is 14.9. The molecule has 2 aliphatic heterocycles. The van der Waals surface area contributed by atoms with Gasteiger partial charge in [-0.05, 0) is 36.8 Å². The minimum Gasteiger partial charge on any atom is -0.469 e. The molecule has 4 rings (SSSR count). The predicted molar refractivity (Wildman–Crippen MR) is 118 cm³/mol. The molecule has 1 atom stereocenters. The predicted octanol–water partition coefficient (Wildman–Crippen LogP) is 3.50. The number of methoxy groups -OCH3 is 1. The average molecular weight is 428 g/mol. The zero-order valence-corrected chi connectivity index (χ0v) is 18.7. The number of nitrogens with zero attached hydrogens (tertiary/aromatic N) is 2. The molecule has 0 aliphatic carbocycles. The maximum atomic E-state index is 12.8. The normalized spacial score (nSPS) is 21.5. The minimum atomic E-state index is -0.613. The lowest BCUT2D eigenvalue weighted by molar-refractivity contribution is -0.224. The number of para-hydroxylation sites is 1. The molecule has 1 spiro atoms. The van der Waals surface area contributed by atoms with Crippen LogP contribution in [-0.4, -0.2) is 59.2 Å². The van der Waals surface area contributed by atoms with Crippen molar-refractivity contribution in [2.45, 2.75) is 51.6 Å². The molecular formula is C24H33N3O4. The summed E-state index contributed by atoms with van der Waals surface area (Å²) in [6.45, 7) is 7.18. The van der Waals surface area contributed by atoms with Gasteiger partial charge < -0.3 is 9.72 Å². The number of fused-ring (bicyclic) bond motifs is 1. The number of H-pyrrole nitrogens is 1. The van der Waals surface area contributed by atoms with Crippen molar-refractivity contribution in [2.24, 2.45) is 11.8 Å². The molecule has 2 aromatic rings. The second kappa shape index (κ2) is 9.01. The quantitative estimate of drug-likeness (QED) is 0.685. The Morgan fingerprint density at radius 1 is 1.26 bits per heavy atom. The van der Waals surface area contributed by atoms with Gasteiger partial charge in [0.2, 0.25) is 5.91 Å². The van der Waals surface area contributed by atoms with Crippen LogP contribution in [0.25, 0.3) is 10.9 Å². The first-order valence-electron chi connectivity index (χ1n) is 11.3. The molecule has 0 bridgehead atoms. The topological polar surface area (TPSA) is 74.9 Å². The summed E-state index contributed by atoms with van der Waals surface area (Å²) in [6.07, 6.45) is 4.50. The molecule has 2 saturated heterocycles. The molecule has 7 nitrogen and oxygen atoms in total. The van der Waals surface area contributed by atoms with Gasteiger partial charge in [-0.25, -0.2) is 5.06 Å². The smallest absolute Gasteiger partial charge is 0.311 e. The van der Waals surface area contributed by atoms with E-state index in [1.807, 2.05) is 6.07 Å². The van der Waals surface area contributed by atoms with Crippen LogP contribution in [0.1, 0.15) is 45.1 Å². The lowest BCUT2D eigenvalue weighted by Gasteiger charge is -2.45. The van der Waals surface area contributed by atoms with E-state index in [9.17, 15) is 9.59 Å². The Morgan fingerprint density at radius 3 is 2.71 bits per heavy atom. The highest BCUT2D eigenvalue weighted by molar-refractivity contribution is 5.88. The first kappa shape index (κ1) is 21.8. The van der Waals surface area contributed by atoms with Gasteiger partial charge in [0.25, 0.3) is 0 Å². The van der Waals surface area contributed by atoms with E-state index in [4.69, 9.17) is 9.57 Å². The first-order valence-corrected chi connectivity index (χ1v) is 11.3. The Labute approximate surface area is 183 Å². The molecule has 1 unspecified atom stereocenters. The number of carbonyl (C=O) groups is 2. The van der Waals surface area contributed by atoms with Crippen LogP contribution in [0.2, 0.25) is 0 Å². The Bertz CT molecular complexity index is 930. The molecule has 1 N–H and O–H groups in total. The van der Waals surface area contributed by atoms with Gasteiger partial charge in [0, 0.05) is 43.2 Å². The van der Waals surface area contributed by atoms with E-state index in [-0.39, 0.29) is 18.3 Å². The molecule has 1 aromatic heterocycles. The number of esters is 1. The Balaban J connectivity index is 1.49. The van der Waals surface area contributed by atoms with Gasteiger partial charge in [0.1, 0.15) is 0 Å².